The SMILES string of the molecule is Nc1ccc2c(c1)C(=C(Nc1ccc(CNc3ccccc3)cc1)c1ccccc1)C(=O)N2. The van der Waals surface area contributed by atoms with Crippen molar-refractivity contribution in [2.45, 2.75) is 6.54 Å². The predicted octanol–water partition coefficient (Wildman–Crippen LogP) is 5.81. The van der Waals surface area contributed by atoms with E-state index in [1.165, 1.54) is 0 Å². The van der Waals surface area contributed by atoms with Gasteiger partial charge in [-0.1, -0.05) is 60.7 Å². The molecule has 5 rings (SSSR count). The van der Waals surface area contributed by atoms with Crippen molar-refractivity contribution in [1.82, 2.24) is 0 Å². The van der Waals surface area contributed by atoms with E-state index >= 15 is 0 Å². The Hall–Kier alpha value is -4.51. The minimum atomic E-state index is -0.148. The molecule has 1 amide bonds. The van der Waals surface area contributed by atoms with Gasteiger partial charge in [0.15, 0.2) is 0 Å². The zero-order valence-electron chi connectivity index (χ0n) is 18.0. The van der Waals surface area contributed by atoms with Crippen molar-refractivity contribution in [3.63, 3.8) is 0 Å². The third-order valence-electron chi connectivity index (χ3n) is 5.59. The first-order valence-corrected chi connectivity index (χ1v) is 10.8. The molecule has 0 saturated heterocycles. The number of carbonyl (C=O) groups excluding carboxylic acids is 1. The highest BCUT2D eigenvalue weighted by molar-refractivity contribution is 6.37. The smallest absolute Gasteiger partial charge is 0.258 e. The summed E-state index contributed by atoms with van der Waals surface area (Å²) in [6.45, 7) is 0.728. The third-order valence-corrected chi connectivity index (χ3v) is 5.59. The Morgan fingerprint density at radius 1 is 0.788 bits per heavy atom. The second-order valence-corrected chi connectivity index (χ2v) is 7.92. The number of benzene rings is 4. The van der Waals surface area contributed by atoms with Gasteiger partial charge in [0, 0.05) is 34.9 Å². The molecule has 1 aliphatic heterocycles. The van der Waals surface area contributed by atoms with Crippen molar-refractivity contribution in [1.29, 1.82) is 0 Å². The fourth-order valence-electron chi connectivity index (χ4n) is 3.93. The molecular formula is C28H24N4O. The number of para-hydroxylation sites is 1. The van der Waals surface area contributed by atoms with Gasteiger partial charge < -0.3 is 21.7 Å². The molecule has 0 fully saturated rings. The van der Waals surface area contributed by atoms with E-state index in [0.717, 1.165) is 46.0 Å². The van der Waals surface area contributed by atoms with Gasteiger partial charge in [0.25, 0.3) is 5.91 Å². The van der Waals surface area contributed by atoms with Gasteiger partial charge in [0.2, 0.25) is 0 Å². The van der Waals surface area contributed by atoms with E-state index in [9.17, 15) is 4.79 Å². The van der Waals surface area contributed by atoms with E-state index in [1.807, 2.05) is 84.9 Å². The number of nitrogen functional groups attached to an aromatic ring is 1. The first kappa shape index (κ1) is 20.4. The summed E-state index contributed by atoms with van der Waals surface area (Å²) in [4.78, 5) is 13.0. The largest absolute Gasteiger partial charge is 0.399 e. The van der Waals surface area contributed by atoms with E-state index in [-0.39, 0.29) is 5.91 Å². The molecule has 4 aromatic carbocycles. The molecule has 0 radical (unpaired) electrons. The maximum absolute atomic E-state index is 13.0. The molecular weight excluding hydrogens is 408 g/mol. The molecule has 4 aromatic rings. The minimum absolute atomic E-state index is 0.148. The van der Waals surface area contributed by atoms with E-state index in [1.54, 1.807) is 6.07 Å². The van der Waals surface area contributed by atoms with Crippen molar-refractivity contribution >= 4 is 39.9 Å². The van der Waals surface area contributed by atoms with E-state index in [0.29, 0.717) is 11.3 Å². The molecule has 5 nitrogen and oxygen atoms in total. The van der Waals surface area contributed by atoms with E-state index in [4.69, 9.17) is 5.73 Å². The average molecular weight is 433 g/mol. The lowest BCUT2D eigenvalue weighted by molar-refractivity contribution is -0.110. The van der Waals surface area contributed by atoms with Gasteiger partial charge in [-0.25, -0.2) is 0 Å². The Labute approximate surface area is 193 Å². The summed E-state index contributed by atoms with van der Waals surface area (Å²) in [5, 5.41) is 9.86. The van der Waals surface area contributed by atoms with Crippen LogP contribution in [0.4, 0.5) is 22.7 Å². The molecule has 0 bridgehead atoms. The number of fused-ring (bicyclic) bond motifs is 1. The van der Waals surface area contributed by atoms with Crippen LogP contribution in [0.1, 0.15) is 16.7 Å². The highest BCUT2D eigenvalue weighted by Gasteiger charge is 2.28. The van der Waals surface area contributed by atoms with Crippen LogP contribution in [0.5, 0.6) is 0 Å². The Morgan fingerprint density at radius 3 is 2.21 bits per heavy atom. The highest BCUT2D eigenvalue weighted by Crippen LogP contribution is 2.38. The molecule has 0 saturated carbocycles. The van der Waals surface area contributed by atoms with Crippen molar-refractivity contribution in [3.05, 3.63) is 120 Å². The Balaban J connectivity index is 1.46. The molecule has 162 valence electrons. The number of nitrogens with two attached hydrogens (primary N) is 1. The van der Waals surface area contributed by atoms with Gasteiger partial charge in [-0.3, -0.25) is 4.79 Å². The fourth-order valence-corrected chi connectivity index (χ4v) is 3.93. The zero-order chi connectivity index (χ0) is 22.6. The van der Waals surface area contributed by atoms with Crippen LogP contribution >= 0.6 is 0 Å². The van der Waals surface area contributed by atoms with Crippen LogP contribution in [-0.2, 0) is 11.3 Å². The number of rotatable bonds is 6. The molecule has 0 unspecified atom stereocenters. The lowest BCUT2D eigenvalue weighted by Gasteiger charge is -2.15. The number of amides is 1. The van der Waals surface area contributed by atoms with Gasteiger partial charge in [-0.15, -0.1) is 0 Å². The molecule has 1 aliphatic rings. The molecule has 0 aliphatic carbocycles. The van der Waals surface area contributed by atoms with Crippen molar-refractivity contribution in [2.75, 3.05) is 21.7 Å². The summed E-state index contributed by atoms with van der Waals surface area (Å²) < 4.78 is 0. The van der Waals surface area contributed by atoms with Crippen LogP contribution in [0.2, 0.25) is 0 Å². The van der Waals surface area contributed by atoms with Gasteiger partial charge in [0.05, 0.1) is 11.3 Å². The van der Waals surface area contributed by atoms with Crippen molar-refractivity contribution < 1.29 is 4.79 Å². The topological polar surface area (TPSA) is 79.2 Å². The lowest BCUT2D eigenvalue weighted by Crippen LogP contribution is -2.10. The standard InChI is InChI=1S/C28H24N4O/c29-21-13-16-25-24(17-21)26(28(33)32-25)27(20-7-3-1-4-8-20)31-23-14-11-19(12-15-23)18-30-22-9-5-2-6-10-22/h1-17,30-31H,18,29H2,(H,32,33). The number of hydrogen-bond donors (Lipinski definition) is 4. The summed E-state index contributed by atoms with van der Waals surface area (Å²) in [6, 6.07) is 33.7. The van der Waals surface area contributed by atoms with Crippen LogP contribution in [0.15, 0.2) is 103 Å². The molecule has 1 heterocycles. The first-order chi connectivity index (χ1) is 16.2. The minimum Gasteiger partial charge on any atom is -0.399 e. The lowest BCUT2D eigenvalue weighted by atomic mass is 9.99. The molecule has 0 atom stereocenters. The fraction of sp³-hybridized carbons (Fsp3) is 0.0357. The highest BCUT2D eigenvalue weighted by atomic mass is 16.2. The van der Waals surface area contributed by atoms with Gasteiger partial charge >= 0.3 is 0 Å². The van der Waals surface area contributed by atoms with Crippen LogP contribution in [0.25, 0.3) is 11.3 Å². The van der Waals surface area contributed by atoms with E-state index in [2.05, 4.69) is 28.1 Å². The molecule has 5 heteroatoms. The summed E-state index contributed by atoms with van der Waals surface area (Å²) >= 11 is 0. The van der Waals surface area contributed by atoms with Crippen molar-refractivity contribution in [3.8, 4) is 0 Å². The first-order valence-electron chi connectivity index (χ1n) is 10.8. The van der Waals surface area contributed by atoms with Crippen LogP contribution in [0, 0.1) is 0 Å². The molecule has 33 heavy (non-hydrogen) atoms. The normalized spacial score (nSPS) is 13.8. The Morgan fingerprint density at radius 2 is 1.48 bits per heavy atom. The van der Waals surface area contributed by atoms with Gasteiger partial charge in [-0.05, 0) is 53.6 Å². The molecule has 0 aromatic heterocycles. The maximum Gasteiger partial charge on any atom is 0.258 e. The number of carbonyl (C=O) groups is 1. The number of hydrogen-bond acceptors (Lipinski definition) is 4. The predicted molar refractivity (Wildman–Crippen MR) is 137 cm³/mol. The second kappa shape index (κ2) is 8.93. The van der Waals surface area contributed by atoms with E-state index < -0.39 is 0 Å². The summed E-state index contributed by atoms with van der Waals surface area (Å²) in [5.74, 6) is -0.148. The van der Waals surface area contributed by atoms with Crippen LogP contribution in [0.3, 0.4) is 0 Å². The number of nitrogens with one attached hydrogen (secondary N) is 3. The van der Waals surface area contributed by atoms with Crippen molar-refractivity contribution in [2.24, 2.45) is 0 Å². The summed E-state index contributed by atoms with van der Waals surface area (Å²) in [5.41, 5.74) is 13.6. The number of anilines is 4. The Kier molecular flexibility index (Phi) is 5.52. The third kappa shape index (κ3) is 4.43. The molecule has 0 spiro atoms. The summed E-state index contributed by atoms with van der Waals surface area (Å²) in [6.07, 6.45) is 0. The van der Waals surface area contributed by atoms with Crippen LogP contribution in [-0.4, -0.2) is 5.91 Å². The van der Waals surface area contributed by atoms with Gasteiger partial charge in [-0.2, -0.15) is 0 Å². The zero-order valence-corrected chi connectivity index (χ0v) is 18.0. The Bertz CT molecular complexity index is 1310. The maximum atomic E-state index is 13.0. The van der Waals surface area contributed by atoms with Gasteiger partial charge in [0.1, 0.15) is 0 Å². The summed E-state index contributed by atoms with van der Waals surface area (Å²) in [7, 11) is 0. The molecule has 5 N–H and O–H groups in total. The monoisotopic (exact) mass is 432 g/mol. The second-order valence-electron chi connectivity index (χ2n) is 7.92. The van der Waals surface area contributed by atoms with Crippen LogP contribution < -0.4 is 21.7 Å². The quantitative estimate of drug-likeness (QED) is 0.229. The average Bonchev–Trinajstić information content (AvgIpc) is 3.18.